The third kappa shape index (κ3) is 11.3. The molecule has 0 spiro atoms. The minimum Gasteiger partial charge on any atom is -0.387 e. The number of unbranched alkanes of at least 4 members (excludes halogenated alkanes) is 2. The van der Waals surface area contributed by atoms with Crippen LogP contribution in [0.1, 0.15) is 78.8 Å². The van der Waals surface area contributed by atoms with Crippen LogP contribution >= 0.6 is 12.4 Å². The molecule has 0 aliphatic carbocycles. The van der Waals surface area contributed by atoms with Crippen molar-refractivity contribution in [2.24, 2.45) is 0 Å². The Kier molecular flexibility index (Phi) is 14.6. The van der Waals surface area contributed by atoms with Crippen molar-refractivity contribution in [2.75, 3.05) is 0 Å². The molecule has 0 saturated carbocycles. The summed E-state index contributed by atoms with van der Waals surface area (Å²) in [5.41, 5.74) is 5.65. The second kappa shape index (κ2) is 18.7. The van der Waals surface area contributed by atoms with Crippen molar-refractivity contribution in [3.05, 3.63) is 144 Å². The Morgan fingerprint density at radius 1 is 0.619 bits per heavy atom. The van der Waals surface area contributed by atoms with Gasteiger partial charge in [-0.05, 0) is 55.2 Å². The minimum absolute atomic E-state index is 0. The molecule has 5 aromatic rings. The van der Waals surface area contributed by atoms with Gasteiger partial charge in [-0.25, -0.2) is 9.97 Å². The summed E-state index contributed by atoms with van der Waals surface area (Å²) in [7, 11) is 0. The van der Waals surface area contributed by atoms with E-state index in [1.165, 1.54) is 16.7 Å². The van der Waals surface area contributed by atoms with Gasteiger partial charge < -0.3 is 19.8 Å². The van der Waals surface area contributed by atoms with E-state index in [0.29, 0.717) is 0 Å². The quantitative estimate of drug-likeness (QED) is 0.117. The molecule has 2 heterocycles. The number of nitrogens with zero attached hydrogens (tertiary/aromatic N) is 3. The first-order valence-electron chi connectivity index (χ1n) is 14.6. The fourth-order valence-corrected chi connectivity index (χ4v) is 4.90. The van der Waals surface area contributed by atoms with E-state index in [0.717, 1.165) is 69.3 Å². The van der Waals surface area contributed by atoms with Crippen LogP contribution in [0.4, 0.5) is 0 Å². The van der Waals surface area contributed by atoms with E-state index in [-0.39, 0.29) is 12.4 Å². The third-order valence-electron chi connectivity index (χ3n) is 7.23. The van der Waals surface area contributed by atoms with Gasteiger partial charge >= 0.3 is 0 Å². The number of aliphatic hydroxyl groups is 2. The number of benzene rings is 3. The lowest BCUT2D eigenvalue weighted by Gasteiger charge is -2.14. The monoisotopic (exact) mass is 586 g/mol. The van der Waals surface area contributed by atoms with Crippen molar-refractivity contribution in [3.63, 3.8) is 0 Å². The standard InChI is InChI=1S/C21H24N2O.C14H18N2O.ClH/c24-21(14-8-7-11-18-9-3-1-4-10-18)20-15-22-17-23(20)16-19-12-5-2-6-13-19;17-14(13-10-15-11-16-13)9-5-4-8-12-6-2-1-3-7-12;/h1-6,9-10,12-13,15,17,21,24H,7-8,11,14,16H2;1-3,6-7,10-11,14,17H,4-5,8-9H2,(H,15,16);1H. The van der Waals surface area contributed by atoms with Gasteiger partial charge in [0, 0.05) is 6.54 Å². The fraction of sp³-hybridized carbons (Fsp3) is 0.314. The maximum Gasteiger partial charge on any atom is 0.0955 e. The summed E-state index contributed by atoms with van der Waals surface area (Å²) in [6.45, 7) is 0.747. The number of hydrogen-bond acceptors (Lipinski definition) is 4. The highest BCUT2D eigenvalue weighted by molar-refractivity contribution is 5.85. The van der Waals surface area contributed by atoms with Gasteiger partial charge in [-0.1, -0.05) is 104 Å². The summed E-state index contributed by atoms with van der Waals surface area (Å²) < 4.78 is 2.04. The van der Waals surface area contributed by atoms with E-state index in [1.54, 1.807) is 25.0 Å². The van der Waals surface area contributed by atoms with Crippen molar-refractivity contribution in [2.45, 2.75) is 70.1 Å². The predicted molar refractivity (Wildman–Crippen MR) is 172 cm³/mol. The molecule has 0 bridgehead atoms. The Morgan fingerprint density at radius 2 is 1.14 bits per heavy atom. The number of hydrogen-bond donors (Lipinski definition) is 3. The van der Waals surface area contributed by atoms with Crippen molar-refractivity contribution in [3.8, 4) is 0 Å². The first kappa shape index (κ1) is 32.8. The Hall–Kier alpha value is -3.71. The number of aryl methyl sites for hydroxylation is 2. The average molecular weight is 587 g/mol. The molecule has 2 atom stereocenters. The van der Waals surface area contributed by atoms with Gasteiger partial charge in [0.15, 0.2) is 0 Å². The summed E-state index contributed by atoms with van der Waals surface area (Å²) >= 11 is 0. The number of aromatic nitrogens is 4. The molecule has 7 heteroatoms. The second-order valence-corrected chi connectivity index (χ2v) is 10.4. The molecule has 3 aromatic carbocycles. The maximum atomic E-state index is 10.5. The molecule has 0 aliphatic rings. The van der Waals surface area contributed by atoms with Crippen molar-refractivity contribution in [1.29, 1.82) is 0 Å². The number of halogens is 1. The van der Waals surface area contributed by atoms with Crippen LogP contribution in [0.25, 0.3) is 0 Å². The van der Waals surface area contributed by atoms with E-state index in [4.69, 9.17) is 0 Å². The fourth-order valence-electron chi connectivity index (χ4n) is 4.90. The summed E-state index contributed by atoms with van der Waals surface area (Å²) in [5, 5.41) is 20.3. The number of rotatable bonds is 14. The minimum atomic E-state index is -0.452. The second-order valence-electron chi connectivity index (χ2n) is 10.4. The summed E-state index contributed by atoms with van der Waals surface area (Å²) in [4.78, 5) is 11.1. The lowest BCUT2D eigenvalue weighted by Crippen LogP contribution is -2.08. The number of nitrogens with one attached hydrogen (secondary N) is 1. The van der Waals surface area contributed by atoms with Gasteiger partial charge in [-0.3, -0.25) is 0 Å². The Morgan fingerprint density at radius 3 is 1.67 bits per heavy atom. The molecule has 42 heavy (non-hydrogen) atoms. The highest BCUT2D eigenvalue weighted by Gasteiger charge is 2.13. The number of aliphatic hydroxyl groups excluding tert-OH is 2. The van der Waals surface area contributed by atoms with Gasteiger partial charge in [0.25, 0.3) is 0 Å². The molecule has 2 unspecified atom stereocenters. The zero-order chi connectivity index (χ0) is 28.5. The van der Waals surface area contributed by atoms with Gasteiger partial charge in [-0.15, -0.1) is 12.4 Å². The van der Waals surface area contributed by atoms with Crippen LogP contribution in [-0.4, -0.2) is 29.7 Å². The number of imidazole rings is 2. The Balaban J connectivity index is 0.000000238. The van der Waals surface area contributed by atoms with E-state index in [9.17, 15) is 10.2 Å². The van der Waals surface area contributed by atoms with Gasteiger partial charge in [0.2, 0.25) is 0 Å². The molecule has 0 saturated heterocycles. The highest BCUT2D eigenvalue weighted by atomic mass is 35.5. The first-order valence-corrected chi connectivity index (χ1v) is 14.6. The number of aromatic amines is 1. The number of H-pyrrole nitrogens is 1. The van der Waals surface area contributed by atoms with E-state index in [1.807, 2.05) is 34.9 Å². The van der Waals surface area contributed by atoms with E-state index >= 15 is 0 Å². The van der Waals surface area contributed by atoms with Crippen molar-refractivity contribution >= 4 is 12.4 Å². The lowest BCUT2D eigenvalue weighted by atomic mass is 10.0. The molecule has 3 N–H and O–H groups in total. The molecule has 222 valence electrons. The molecule has 5 rings (SSSR count). The molecule has 0 aliphatic heterocycles. The smallest absolute Gasteiger partial charge is 0.0955 e. The van der Waals surface area contributed by atoms with E-state index in [2.05, 4.69) is 75.6 Å². The normalized spacial score (nSPS) is 12.0. The van der Waals surface area contributed by atoms with Crippen LogP contribution in [0.3, 0.4) is 0 Å². The highest BCUT2D eigenvalue weighted by Crippen LogP contribution is 2.21. The zero-order valence-electron chi connectivity index (χ0n) is 24.1. The first-order chi connectivity index (χ1) is 20.2. The summed E-state index contributed by atoms with van der Waals surface area (Å²) in [6, 6.07) is 31.2. The van der Waals surface area contributed by atoms with Crippen molar-refractivity contribution < 1.29 is 10.2 Å². The van der Waals surface area contributed by atoms with Crippen LogP contribution < -0.4 is 0 Å². The van der Waals surface area contributed by atoms with Crippen LogP contribution in [0, 0.1) is 0 Å². The van der Waals surface area contributed by atoms with Gasteiger partial charge in [-0.2, -0.15) is 0 Å². The SMILES string of the molecule is Cl.OC(CCCCc1ccccc1)c1cnc[nH]1.OC(CCCCc1ccccc1)c1cncn1Cc1ccccc1. The molecule has 6 nitrogen and oxygen atoms in total. The van der Waals surface area contributed by atoms with Crippen LogP contribution in [0.5, 0.6) is 0 Å². The van der Waals surface area contributed by atoms with Crippen LogP contribution in [0.2, 0.25) is 0 Å². The molecule has 0 fully saturated rings. The summed E-state index contributed by atoms with van der Waals surface area (Å²) in [6.07, 6.45) is 13.9. The molecular weight excluding hydrogens is 544 g/mol. The van der Waals surface area contributed by atoms with Gasteiger partial charge in [0.1, 0.15) is 0 Å². The van der Waals surface area contributed by atoms with Gasteiger partial charge in [0.05, 0.1) is 48.6 Å². The Bertz CT molecular complexity index is 1350. The molecule has 0 radical (unpaired) electrons. The molecular formula is C35H43ClN4O2. The van der Waals surface area contributed by atoms with Crippen LogP contribution in [-0.2, 0) is 19.4 Å². The molecule has 2 aromatic heterocycles. The predicted octanol–water partition coefficient (Wildman–Crippen LogP) is 7.66. The lowest BCUT2D eigenvalue weighted by molar-refractivity contribution is 0.155. The maximum absolute atomic E-state index is 10.5. The largest absolute Gasteiger partial charge is 0.387 e. The topological polar surface area (TPSA) is 87.0 Å². The molecule has 0 amide bonds. The Labute approximate surface area is 255 Å². The zero-order valence-corrected chi connectivity index (χ0v) is 24.9. The van der Waals surface area contributed by atoms with Crippen LogP contribution in [0.15, 0.2) is 116 Å². The van der Waals surface area contributed by atoms with E-state index < -0.39 is 12.2 Å². The average Bonchev–Trinajstić information content (AvgIpc) is 3.73. The van der Waals surface area contributed by atoms with Crippen molar-refractivity contribution in [1.82, 2.24) is 19.5 Å². The third-order valence-corrected chi connectivity index (χ3v) is 7.23. The summed E-state index contributed by atoms with van der Waals surface area (Å²) in [5.74, 6) is 0.